The fraction of sp³-hybridized carbons (Fsp3) is 0.111. The van der Waals surface area contributed by atoms with E-state index in [0.29, 0.717) is 10.8 Å². The molecule has 0 fully saturated rings. The fourth-order valence-electron chi connectivity index (χ4n) is 3.00. The molecule has 1 amide bonds. The highest BCUT2D eigenvalue weighted by Crippen LogP contribution is 2.35. The Labute approximate surface area is 138 Å². The summed E-state index contributed by atoms with van der Waals surface area (Å²) in [5.74, 6) is 2.18. The van der Waals surface area contributed by atoms with Crippen LogP contribution in [-0.4, -0.2) is 15.5 Å². The molecule has 2 N–H and O–H groups in total. The number of carbonyl (C=O) groups excluding carboxylic acids is 1. The number of aryl methyl sites for hydroxylation is 2. The average molecular weight is 324 g/mol. The van der Waals surface area contributed by atoms with Crippen molar-refractivity contribution in [2.75, 3.05) is 0 Å². The number of nitrogens with zero attached hydrogens (tertiary/aromatic N) is 2. The molecule has 5 heteroatoms. The number of aromatic nitrogens is 2. The second-order valence-corrected chi connectivity index (χ2v) is 5.72. The summed E-state index contributed by atoms with van der Waals surface area (Å²) in [5, 5.41) is 1.29. The van der Waals surface area contributed by atoms with Gasteiger partial charge in [0.2, 0.25) is 0 Å². The van der Waals surface area contributed by atoms with Gasteiger partial charge in [-0.15, -0.1) is 6.42 Å². The number of amides is 1. The fourth-order valence-corrected chi connectivity index (χ4v) is 3.17. The molecular weight excluding hydrogens is 310 g/mol. The third kappa shape index (κ3) is 2.36. The molecule has 3 aromatic rings. The number of carbonyl (C=O) groups is 1. The second kappa shape index (κ2) is 5.45. The van der Waals surface area contributed by atoms with Crippen molar-refractivity contribution in [3.63, 3.8) is 0 Å². The van der Waals surface area contributed by atoms with Gasteiger partial charge in [0, 0.05) is 29.8 Å². The molecule has 4 nitrogen and oxygen atoms in total. The van der Waals surface area contributed by atoms with Crippen LogP contribution in [0, 0.1) is 19.3 Å². The molecule has 0 bridgehead atoms. The van der Waals surface area contributed by atoms with Crippen molar-refractivity contribution in [1.82, 2.24) is 9.55 Å². The molecule has 1 aromatic carbocycles. The zero-order chi connectivity index (χ0) is 16.7. The molecule has 0 aliphatic rings. The predicted octanol–water partition coefficient (Wildman–Crippen LogP) is 3.28. The van der Waals surface area contributed by atoms with Crippen LogP contribution in [0.4, 0.5) is 0 Å². The van der Waals surface area contributed by atoms with E-state index in [9.17, 15) is 4.79 Å². The van der Waals surface area contributed by atoms with Crippen molar-refractivity contribution in [2.45, 2.75) is 6.92 Å². The number of pyridine rings is 1. The molecule has 3 rings (SSSR count). The number of hydrogen-bond acceptors (Lipinski definition) is 2. The van der Waals surface area contributed by atoms with E-state index in [0.717, 1.165) is 33.2 Å². The Morgan fingerprint density at radius 3 is 2.74 bits per heavy atom. The maximum atomic E-state index is 11.8. The molecule has 23 heavy (non-hydrogen) atoms. The Morgan fingerprint density at radius 2 is 2.13 bits per heavy atom. The first kappa shape index (κ1) is 15.1. The lowest BCUT2D eigenvalue weighted by Gasteiger charge is -2.09. The van der Waals surface area contributed by atoms with Crippen molar-refractivity contribution in [2.24, 2.45) is 12.8 Å². The van der Waals surface area contributed by atoms with E-state index in [4.69, 9.17) is 23.8 Å². The Balaban J connectivity index is 2.48. The van der Waals surface area contributed by atoms with Gasteiger partial charge in [-0.05, 0) is 42.3 Å². The molecule has 0 saturated heterocycles. The topological polar surface area (TPSA) is 60.9 Å². The molecule has 0 radical (unpaired) electrons. The molecule has 0 atom stereocenters. The van der Waals surface area contributed by atoms with Gasteiger partial charge in [0.25, 0.3) is 5.91 Å². The maximum absolute atomic E-state index is 11.8. The van der Waals surface area contributed by atoms with Crippen molar-refractivity contribution < 1.29 is 4.79 Å². The lowest BCUT2D eigenvalue weighted by atomic mass is 9.99. The standard InChI is InChI=1S/C18H14ClN3O/c1-4-11-7-13-10(2)16(18(20)23)22(3)17(13)14(8-11)12-5-6-21-15(19)9-12/h1,5-9H,2-3H3,(H2,20,23). The minimum Gasteiger partial charge on any atom is -0.364 e. The second-order valence-electron chi connectivity index (χ2n) is 5.33. The first-order valence-electron chi connectivity index (χ1n) is 6.95. The average Bonchev–Trinajstić information content (AvgIpc) is 2.77. The molecule has 0 spiro atoms. The summed E-state index contributed by atoms with van der Waals surface area (Å²) in [6.07, 6.45) is 7.22. The lowest BCUT2D eigenvalue weighted by molar-refractivity contribution is 0.0992. The normalized spacial score (nSPS) is 10.7. The van der Waals surface area contributed by atoms with Gasteiger partial charge in [-0.25, -0.2) is 4.98 Å². The molecule has 0 unspecified atom stereocenters. The number of benzene rings is 1. The third-order valence-corrected chi connectivity index (χ3v) is 4.18. The van der Waals surface area contributed by atoms with Crippen LogP contribution in [0.1, 0.15) is 21.6 Å². The molecular formula is C18H14ClN3O. The van der Waals surface area contributed by atoms with Gasteiger partial charge < -0.3 is 10.3 Å². The van der Waals surface area contributed by atoms with Gasteiger partial charge in [0.05, 0.1) is 5.52 Å². The van der Waals surface area contributed by atoms with Crippen molar-refractivity contribution in [1.29, 1.82) is 0 Å². The zero-order valence-electron chi connectivity index (χ0n) is 12.7. The molecule has 114 valence electrons. The lowest BCUT2D eigenvalue weighted by Crippen LogP contribution is -2.16. The Kier molecular flexibility index (Phi) is 3.59. The minimum atomic E-state index is -0.470. The van der Waals surface area contributed by atoms with E-state index in [1.807, 2.05) is 32.2 Å². The van der Waals surface area contributed by atoms with E-state index in [2.05, 4.69) is 10.9 Å². The zero-order valence-corrected chi connectivity index (χ0v) is 13.5. The number of halogens is 1. The van der Waals surface area contributed by atoms with Gasteiger partial charge in [0.1, 0.15) is 10.8 Å². The smallest absolute Gasteiger partial charge is 0.265 e. The Bertz CT molecular complexity index is 996. The molecule has 2 aromatic heterocycles. The van der Waals surface area contributed by atoms with Crippen LogP contribution in [-0.2, 0) is 7.05 Å². The van der Waals surface area contributed by atoms with Crippen molar-refractivity contribution in [3.05, 3.63) is 52.4 Å². The highest BCUT2D eigenvalue weighted by atomic mass is 35.5. The minimum absolute atomic E-state index is 0.391. The predicted molar refractivity (Wildman–Crippen MR) is 92.3 cm³/mol. The molecule has 2 heterocycles. The highest BCUT2D eigenvalue weighted by Gasteiger charge is 2.19. The van der Waals surface area contributed by atoms with Crippen LogP contribution in [0.15, 0.2) is 30.5 Å². The molecule has 0 saturated carbocycles. The van der Waals surface area contributed by atoms with Gasteiger partial charge >= 0.3 is 0 Å². The summed E-state index contributed by atoms with van der Waals surface area (Å²) < 4.78 is 1.80. The SMILES string of the molecule is C#Cc1cc(-c2ccnc(Cl)c2)c2c(c1)c(C)c(C(N)=O)n2C. The van der Waals surface area contributed by atoms with Crippen LogP contribution >= 0.6 is 11.6 Å². The van der Waals surface area contributed by atoms with E-state index in [1.54, 1.807) is 16.8 Å². The van der Waals surface area contributed by atoms with Crippen molar-refractivity contribution >= 4 is 28.4 Å². The summed E-state index contributed by atoms with van der Waals surface area (Å²) in [4.78, 5) is 15.8. The number of primary amides is 1. The van der Waals surface area contributed by atoms with Crippen LogP contribution in [0.2, 0.25) is 5.15 Å². The summed E-state index contributed by atoms with van der Waals surface area (Å²) in [7, 11) is 1.82. The maximum Gasteiger partial charge on any atom is 0.265 e. The monoisotopic (exact) mass is 323 g/mol. The van der Waals surface area contributed by atoms with E-state index in [1.165, 1.54) is 0 Å². The van der Waals surface area contributed by atoms with Gasteiger partial charge in [-0.2, -0.15) is 0 Å². The van der Waals surface area contributed by atoms with Gasteiger partial charge in [-0.3, -0.25) is 4.79 Å². The quantitative estimate of drug-likeness (QED) is 0.581. The highest BCUT2D eigenvalue weighted by molar-refractivity contribution is 6.29. The Hall–Kier alpha value is -2.77. The van der Waals surface area contributed by atoms with Crippen LogP contribution in [0.25, 0.3) is 22.0 Å². The van der Waals surface area contributed by atoms with Crippen LogP contribution < -0.4 is 5.73 Å². The van der Waals surface area contributed by atoms with E-state index < -0.39 is 5.91 Å². The number of rotatable bonds is 2. The third-order valence-electron chi connectivity index (χ3n) is 3.98. The largest absolute Gasteiger partial charge is 0.364 e. The summed E-state index contributed by atoms with van der Waals surface area (Å²) in [6.45, 7) is 1.87. The summed E-state index contributed by atoms with van der Waals surface area (Å²) in [6, 6.07) is 7.41. The summed E-state index contributed by atoms with van der Waals surface area (Å²) in [5.41, 5.74) is 10.2. The van der Waals surface area contributed by atoms with Gasteiger partial charge in [0.15, 0.2) is 0 Å². The first-order chi connectivity index (χ1) is 10.9. The van der Waals surface area contributed by atoms with Crippen LogP contribution in [0.3, 0.4) is 0 Å². The van der Waals surface area contributed by atoms with Crippen molar-refractivity contribution in [3.8, 4) is 23.5 Å². The number of nitrogens with two attached hydrogens (primary N) is 1. The number of hydrogen-bond donors (Lipinski definition) is 1. The van der Waals surface area contributed by atoms with Crippen LogP contribution in [0.5, 0.6) is 0 Å². The van der Waals surface area contributed by atoms with Gasteiger partial charge in [-0.1, -0.05) is 17.5 Å². The first-order valence-corrected chi connectivity index (χ1v) is 7.33. The van der Waals surface area contributed by atoms with E-state index in [-0.39, 0.29) is 0 Å². The number of terminal acetylenes is 1. The number of fused-ring (bicyclic) bond motifs is 1. The molecule has 0 aliphatic heterocycles. The van der Waals surface area contributed by atoms with E-state index >= 15 is 0 Å². The summed E-state index contributed by atoms with van der Waals surface area (Å²) >= 11 is 6.01. The molecule has 0 aliphatic carbocycles. The Morgan fingerprint density at radius 1 is 1.39 bits per heavy atom.